The fraction of sp³-hybridized carbons (Fsp3) is 0.667. The van der Waals surface area contributed by atoms with E-state index in [0.717, 1.165) is 0 Å². The molecule has 0 fully saturated rings. The highest BCUT2D eigenvalue weighted by Crippen LogP contribution is 2.04. The molecule has 1 N–H and O–H groups in total. The van der Waals surface area contributed by atoms with Gasteiger partial charge >= 0.3 is 0 Å². The average molecular weight is 193 g/mol. The van der Waals surface area contributed by atoms with Crippen LogP contribution in [0.2, 0.25) is 0 Å². The molecule has 0 aliphatic heterocycles. The quantitative estimate of drug-likeness (QED) is 0.672. The van der Waals surface area contributed by atoms with Crippen LogP contribution in [0.15, 0.2) is 0 Å². The normalized spacial score (nSPS) is 8.91. The molecule has 0 saturated carbocycles. The van der Waals surface area contributed by atoms with Crippen LogP contribution in [0, 0.1) is 0 Å². The summed E-state index contributed by atoms with van der Waals surface area (Å²) in [6, 6.07) is 0. The van der Waals surface area contributed by atoms with Crippen molar-refractivity contribution < 1.29 is 9.53 Å². The van der Waals surface area contributed by atoms with E-state index < -0.39 is 0 Å². The monoisotopic (exact) mass is 193 g/mol. The maximum Gasteiger partial charge on any atom is 0.230 e. The Labute approximate surface area is 75.9 Å². The summed E-state index contributed by atoms with van der Waals surface area (Å²) in [5.74, 6) is 0.284. The van der Waals surface area contributed by atoms with Gasteiger partial charge in [0, 0.05) is 7.05 Å². The van der Waals surface area contributed by atoms with E-state index in [4.69, 9.17) is 17.0 Å². The Balaban J connectivity index is 3.38. The van der Waals surface area contributed by atoms with E-state index in [1.54, 1.807) is 7.05 Å². The fourth-order valence-corrected chi connectivity index (χ4v) is 1.25. The zero-order chi connectivity index (χ0) is 8.69. The van der Waals surface area contributed by atoms with Gasteiger partial charge in [-0.25, -0.2) is 0 Å². The zero-order valence-electron chi connectivity index (χ0n) is 6.55. The van der Waals surface area contributed by atoms with Crippen molar-refractivity contribution in [2.24, 2.45) is 0 Å². The number of hydrogen-bond acceptors (Lipinski definition) is 4. The number of carbonyl (C=O) groups excluding carboxylic acids is 1. The molecule has 0 aliphatic rings. The van der Waals surface area contributed by atoms with Crippen molar-refractivity contribution in [3.05, 3.63) is 0 Å². The minimum absolute atomic E-state index is 0.0444. The number of hydrogen-bond donors (Lipinski definition) is 1. The minimum Gasteiger partial charge on any atom is -0.479 e. The summed E-state index contributed by atoms with van der Waals surface area (Å²) in [5.41, 5.74) is 0. The maximum atomic E-state index is 10.7. The second kappa shape index (κ2) is 6.42. The van der Waals surface area contributed by atoms with Crippen LogP contribution in [0.25, 0.3) is 0 Å². The van der Waals surface area contributed by atoms with Crippen molar-refractivity contribution in [1.82, 2.24) is 5.32 Å². The van der Waals surface area contributed by atoms with E-state index in [1.807, 2.05) is 6.92 Å². The summed E-state index contributed by atoms with van der Waals surface area (Å²) in [6.45, 7) is 2.41. The van der Waals surface area contributed by atoms with Crippen molar-refractivity contribution in [3.63, 3.8) is 0 Å². The third-order valence-electron chi connectivity index (χ3n) is 0.862. The molecule has 0 aliphatic carbocycles. The predicted octanol–water partition coefficient (Wildman–Crippen LogP) is 0.787. The van der Waals surface area contributed by atoms with Crippen molar-refractivity contribution >= 4 is 34.3 Å². The smallest absolute Gasteiger partial charge is 0.230 e. The second-order valence-electron chi connectivity index (χ2n) is 1.64. The summed E-state index contributed by atoms with van der Waals surface area (Å²) < 4.78 is 5.38. The topological polar surface area (TPSA) is 38.3 Å². The summed E-state index contributed by atoms with van der Waals surface area (Å²) in [6.07, 6.45) is 0. The first kappa shape index (κ1) is 10.7. The molecule has 0 unspecified atom stereocenters. The van der Waals surface area contributed by atoms with Crippen LogP contribution in [0.4, 0.5) is 0 Å². The van der Waals surface area contributed by atoms with Crippen LogP contribution in [-0.4, -0.2) is 29.7 Å². The van der Waals surface area contributed by atoms with Crippen LogP contribution >= 0.6 is 24.0 Å². The zero-order valence-corrected chi connectivity index (χ0v) is 8.18. The van der Waals surface area contributed by atoms with Gasteiger partial charge < -0.3 is 10.1 Å². The van der Waals surface area contributed by atoms with Crippen LogP contribution in [0.1, 0.15) is 6.92 Å². The van der Waals surface area contributed by atoms with Gasteiger partial charge in [0.15, 0.2) is 0 Å². The molecule has 0 radical (unpaired) electrons. The molecule has 64 valence electrons. The van der Waals surface area contributed by atoms with Crippen molar-refractivity contribution in [2.45, 2.75) is 6.92 Å². The van der Waals surface area contributed by atoms with E-state index in [1.165, 1.54) is 11.8 Å². The molecule has 0 heterocycles. The molecule has 5 heteroatoms. The number of rotatable bonds is 3. The number of amides is 1. The Morgan fingerprint density at radius 3 is 2.82 bits per heavy atom. The van der Waals surface area contributed by atoms with Crippen molar-refractivity contribution in [1.29, 1.82) is 0 Å². The molecule has 0 saturated heterocycles. The molecule has 0 atom stereocenters. The number of thioether (sulfide) groups is 1. The van der Waals surface area contributed by atoms with E-state index >= 15 is 0 Å². The van der Waals surface area contributed by atoms with Crippen LogP contribution in [0.3, 0.4) is 0 Å². The minimum atomic E-state index is -0.0444. The lowest BCUT2D eigenvalue weighted by Crippen LogP contribution is -2.20. The molecule has 0 aromatic rings. The number of carbonyl (C=O) groups is 1. The highest BCUT2D eigenvalue weighted by Gasteiger charge is 2.01. The highest BCUT2D eigenvalue weighted by atomic mass is 32.2. The van der Waals surface area contributed by atoms with E-state index in [9.17, 15) is 4.79 Å². The van der Waals surface area contributed by atoms with Gasteiger partial charge in [0.05, 0.1) is 12.4 Å². The predicted molar refractivity (Wildman–Crippen MR) is 50.7 cm³/mol. The van der Waals surface area contributed by atoms with E-state index in [2.05, 4.69) is 5.32 Å². The van der Waals surface area contributed by atoms with Crippen LogP contribution < -0.4 is 5.32 Å². The lowest BCUT2D eigenvalue weighted by atomic mass is 10.7. The third-order valence-corrected chi connectivity index (χ3v) is 2.09. The van der Waals surface area contributed by atoms with Gasteiger partial charge in [0.1, 0.15) is 0 Å². The Kier molecular flexibility index (Phi) is 6.25. The molecule has 0 aromatic heterocycles. The molecule has 0 rings (SSSR count). The van der Waals surface area contributed by atoms with Gasteiger partial charge in [0.2, 0.25) is 10.3 Å². The first-order chi connectivity index (χ1) is 5.20. The second-order valence-corrected chi connectivity index (χ2v) is 3.22. The molecule has 0 bridgehead atoms. The molecular formula is C6H11NO2S2. The van der Waals surface area contributed by atoms with Gasteiger partial charge in [-0.05, 0) is 19.1 Å². The number of nitrogens with one attached hydrogen (secondary N) is 1. The van der Waals surface area contributed by atoms with Gasteiger partial charge in [-0.3, -0.25) is 4.79 Å². The maximum absolute atomic E-state index is 10.7. The highest BCUT2D eigenvalue weighted by molar-refractivity contribution is 8.23. The van der Waals surface area contributed by atoms with Crippen LogP contribution in [0.5, 0.6) is 0 Å². The largest absolute Gasteiger partial charge is 0.479 e. The number of thiocarbonyl (C=S) groups is 1. The van der Waals surface area contributed by atoms with Crippen molar-refractivity contribution in [3.8, 4) is 0 Å². The van der Waals surface area contributed by atoms with Crippen LogP contribution in [-0.2, 0) is 9.53 Å². The Morgan fingerprint density at radius 1 is 1.73 bits per heavy atom. The molecule has 3 nitrogen and oxygen atoms in total. The first-order valence-electron chi connectivity index (χ1n) is 3.20. The Morgan fingerprint density at radius 2 is 2.36 bits per heavy atom. The van der Waals surface area contributed by atoms with Gasteiger partial charge in [-0.15, -0.1) is 0 Å². The molecular weight excluding hydrogens is 182 g/mol. The Bertz CT molecular complexity index is 150. The summed E-state index contributed by atoms with van der Waals surface area (Å²) in [5, 5.41) is 2.49. The van der Waals surface area contributed by atoms with E-state index in [0.29, 0.717) is 16.7 Å². The molecule has 0 spiro atoms. The average Bonchev–Trinajstić information content (AvgIpc) is 2.01. The fourth-order valence-electron chi connectivity index (χ4n) is 0.356. The number of ether oxygens (including phenoxy) is 1. The van der Waals surface area contributed by atoms with Crippen molar-refractivity contribution in [2.75, 3.05) is 19.4 Å². The Hall–Kier alpha value is -0.290. The summed E-state index contributed by atoms with van der Waals surface area (Å²) in [4.78, 5) is 10.7. The lowest BCUT2D eigenvalue weighted by Gasteiger charge is -2.02. The third kappa shape index (κ3) is 6.12. The standard InChI is InChI=1S/C6H11NO2S2/c1-3-9-6(10)11-4-5(8)7-2/h3-4H2,1-2H3,(H,7,8). The summed E-state index contributed by atoms with van der Waals surface area (Å²) >= 11 is 6.01. The van der Waals surface area contributed by atoms with Gasteiger partial charge in [-0.2, -0.15) is 0 Å². The lowest BCUT2D eigenvalue weighted by molar-refractivity contribution is -0.118. The molecule has 11 heavy (non-hydrogen) atoms. The first-order valence-corrected chi connectivity index (χ1v) is 4.60. The van der Waals surface area contributed by atoms with Gasteiger partial charge in [-0.1, -0.05) is 11.8 Å². The molecule has 0 aromatic carbocycles. The SMILES string of the molecule is CCOC(=S)SCC(=O)NC. The van der Waals surface area contributed by atoms with Gasteiger partial charge in [0.25, 0.3) is 0 Å². The molecule has 1 amide bonds. The summed E-state index contributed by atoms with van der Waals surface area (Å²) in [7, 11) is 1.59. The van der Waals surface area contributed by atoms with E-state index in [-0.39, 0.29) is 5.91 Å².